The molecule has 186 valence electrons. The molecule has 1 saturated heterocycles. The van der Waals surface area contributed by atoms with Crippen molar-refractivity contribution in [3.8, 4) is 22.9 Å². The molecule has 0 N–H and O–H groups in total. The maximum atomic E-state index is 13.5. The van der Waals surface area contributed by atoms with Crippen LogP contribution in [0.2, 0.25) is 0 Å². The standard InChI is InChI=1S/C28H35N3O4/c1-19-9-7-8-10-24(19)31-20(2)17-23(21(31)3)28(32)30-15-13-29(14-16-30)18-22-11-12-25(33-4)27(35-6)26(22)34-5/h7-12,17H,13-16,18H2,1-6H3. The van der Waals surface area contributed by atoms with Crippen molar-refractivity contribution < 1.29 is 19.0 Å². The lowest BCUT2D eigenvalue weighted by Gasteiger charge is -2.35. The Morgan fingerprint density at radius 3 is 2.17 bits per heavy atom. The van der Waals surface area contributed by atoms with Crippen molar-refractivity contribution in [3.05, 3.63) is 70.5 Å². The Balaban J connectivity index is 1.46. The molecule has 2 aromatic carbocycles. The van der Waals surface area contributed by atoms with E-state index in [2.05, 4.69) is 35.4 Å². The fraction of sp³-hybridized carbons (Fsp3) is 0.393. The van der Waals surface area contributed by atoms with Crippen LogP contribution in [0.25, 0.3) is 5.69 Å². The summed E-state index contributed by atoms with van der Waals surface area (Å²) in [6.07, 6.45) is 0. The van der Waals surface area contributed by atoms with Crippen molar-refractivity contribution in [2.45, 2.75) is 27.3 Å². The number of hydrogen-bond acceptors (Lipinski definition) is 5. The average molecular weight is 478 g/mol. The first kappa shape index (κ1) is 24.7. The first-order valence-corrected chi connectivity index (χ1v) is 11.9. The number of piperazine rings is 1. The summed E-state index contributed by atoms with van der Waals surface area (Å²) in [5.41, 5.74) is 6.17. The van der Waals surface area contributed by atoms with E-state index in [9.17, 15) is 4.79 Å². The zero-order valence-electron chi connectivity index (χ0n) is 21.6. The lowest BCUT2D eigenvalue weighted by molar-refractivity contribution is 0.0626. The number of aryl methyl sites for hydroxylation is 2. The molecule has 35 heavy (non-hydrogen) atoms. The lowest BCUT2D eigenvalue weighted by atomic mass is 10.1. The molecule has 2 heterocycles. The third-order valence-electron chi connectivity index (χ3n) is 6.86. The van der Waals surface area contributed by atoms with Crippen LogP contribution in [-0.2, 0) is 6.54 Å². The molecule has 3 aromatic rings. The van der Waals surface area contributed by atoms with E-state index in [1.807, 2.05) is 42.2 Å². The van der Waals surface area contributed by atoms with E-state index in [0.717, 1.165) is 41.3 Å². The summed E-state index contributed by atoms with van der Waals surface area (Å²) in [7, 11) is 4.88. The van der Waals surface area contributed by atoms with Crippen LogP contribution in [0.15, 0.2) is 42.5 Å². The van der Waals surface area contributed by atoms with Gasteiger partial charge in [0.15, 0.2) is 11.5 Å². The summed E-state index contributed by atoms with van der Waals surface area (Å²) >= 11 is 0. The van der Waals surface area contributed by atoms with Gasteiger partial charge in [0.25, 0.3) is 5.91 Å². The molecule has 7 nitrogen and oxygen atoms in total. The third-order valence-corrected chi connectivity index (χ3v) is 6.86. The predicted octanol–water partition coefficient (Wildman–Crippen LogP) is 4.39. The molecule has 7 heteroatoms. The number of benzene rings is 2. The molecule has 0 atom stereocenters. The minimum absolute atomic E-state index is 0.0984. The quantitative estimate of drug-likeness (QED) is 0.505. The van der Waals surface area contributed by atoms with Crippen LogP contribution >= 0.6 is 0 Å². The smallest absolute Gasteiger partial charge is 0.255 e. The van der Waals surface area contributed by atoms with E-state index in [0.29, 0.717) is 36.9 Å². The monoisotopic (exact) mass is 477 g/mol. The molecular weight excluding hydrogens is 442 g/mol. The Labute approximate surface area is 207 Å². The predicted molar refractivity (Wildman–Crippen MR) is 137 cm³/mol. The van der Waals surface area contributed by atoms with E-state index in [1.165, 1.54) is 5.56 Å². The lowest BCUT2D eigenvalue weighted by Crippen LogP contribution is -2.48. The molecule has 0 radical (unpaired) electrons. The SMILES string of the molecule is COc1ccc(CN2CCN(C(=O)c3cc(C)n(-c4ccccc4C)c3C)CC2)c(OC)c1OC. The van der Waals surface area contributed by atoms with Crippen molar-refractivity contribution in [2.24, 2.45) is 0 Å². The van der Waals surface area contributed by atoms with Crippen LogP contribution in [0, 0.1) is 20.8 Å². The molecule has 0 bridgehead atoms. The average Bonchev–Trinajstić information content (AvgIpc) is 3.17. The number of carbonyl (C=O) groups excluding carboxylic acids is 1. The number of aromatic nitrogens is 1. The maximum Gasteiger partial charge on any atom is 0.255 e. The molecule has 1 aliphatic heterocycles. The third kappa shape index (κ3) is 4.73. The number of para-hydroxylation sites is 1. The minimum atomic E-state index is 0.0984. The summed E-state index contributed by atoms with van der Waals surface area (Å²) in [4.78, 5) is 17.8. The molecule has 0 unspecified atom stereocenters. The van der Waals surface area contributed by atoms with Gasteiger partial charge in [-0.05, 0) is 44.5 Å². The van der Waals surface area contributed by atoms with Gasteiger partial charge in [-0.25, -0.2) is 0 Å². The molecular formula is C28H35N3O4. The van der Waals surface area contributed by atoms with Crippen LogP contribution in [-0.4, -0.2) is 67.8 Å². The Hall–Kier alpha value is -3.45. The van der Waals surface area contributed by atoms with Gasteiger partial charge in [0, 0.05) is 55.4 Å². The van der Waals surface area contributed by atoms with E-state index >= 15 is 0 Å². The van der Waals surface area contributed by atoms with Crippen LogP contribution < -0.4 is 14.2 Å². The largest absolute Gasteiger partial charge is 0.493 e. The molecule has 0 aliphatic carbocycles. The van der Waals surface area contributed by atoms with Gasteiger partial charge in [-0.3, -0.25) is 9.69 Å². The van der Waals surface area contributed by atoms with Gasteiger partial charge in [-0.2, -0.15) is 0 Å². The van der Waals surface area contributed by atoms with Crippen molar-refractivity contribution in [1.82, 2.24) is 14.4 Å². The van der Waals surface area contributed by atoms with E-state index in [1.54, 1.807) is 21.3 Å². The molecule has 1 aromatic heterocycles. The van der Waals surface area contributed by atoms with Gasteiger partial charge in [-0.15, -0.1) is 0 Å². The molecule has 0 saturated carbocycles. The molecule has 1 aliphatic rings. The number of amides is 1. The minimum Gasteiger partial charge on any atom is -0.493 e. The van der Waals surface area contributed by atoms with Gasteiger partial charge < -0.3 is 23.7 Å². The van der Waals surface area contributed by atoms with Gasteiger partial charge in [0.05, 0.1) is 26.9 Å². The van der Waals surface area contributed by atoms with E-state index < -0.39 is 0 Å². The molecule has 4 rings (SSSR count). The number of hydrogen-bond donors (Lipinski definition) is 0. The summed E-state index contributed by atoms with van der Waals surface area (Å²) in [6, 6.07) is 14.2. The first-order chi connectivity index (χ1) is 16.9. The highest BCUT2D eigenvalue weighted by Gasteiger charge is 2.27. The van der Waals surface area contributed by atoms with Crippen LogP contribution in [0.3, 0.4) is 0 Å². The van der Waals surface area contributed by atoms with Crippen molar-refractivity contribution in [3.63, 3.8) is 0 Å². The Kier molecular flexibility index (Phi) is 7.36. The van der Waals surface area contributed by atoms with Crippen LogP contribution in [0.1, 0.15) is 32.9 Å². The Morgan fingerprint density at radius 2 is 1.54 bits per heavy atom. The van der Waals surface area contributed by atoms with Gasteiger partial charge in [0.2, 0.25) is 5.75 Å². The maximum absolute atomic E-state index is 13.5. The number of methoxy groups -OCH3 is 3. The van der Waals surface area contributed by atoms with Crippen molar-refractivity contribution >= 4 is 5.91 Å². The highest BCUT2D eigenvalue weighted by molar-refractivity contribution is 5.96. The summed E-state index contributed by atoms with van der Waals surface area (Å²) in [5.74, 6) is 2.03. The highest BCUT2D eigenvalue weighted by Crippen LogP contribution is 2.40. The van der Waals surface area contributed by atoms with Gasteiger partial charge in [0.1, 0.15) is 0 Å². The van der Waals surface area contributed by atoms with Gasteiger partial charge in [-0.1, -0.05) is 24.3 Å². The Morgan fingerprint density at radius 1 is 0.857 bits per heavy atom. The summed E-state index contributed by atoms with van der Waals surface area (Å²) < 4.78 is 18.7. The topological polar surface area (TPSA) is 56.2 Å². The second kappa shape index (κ2) is 10.4. The molecule has 1 fully saturated rings. The fourth-order valence-electron chi connectivity index (χ4n) is 4.97. The van der Waals surface area contributed by atoms with Gasteiger partial charge >= 0.3 is 0 Å². The number of ether oxygens (including phenoxy) is 3. The zero-order valence-corrected chi connectivity index (χ0v) is 21.6. The van der Waals surface area contributed by atoms with Crippen LogP contribution in [0.4, 0.5) is 0 Å². The second-order valence-corrected chi connectivity index (χ2v) is 8.97. The highest BCUT2D eigenvalue weighted by atomic mass is 16.5. The number of rotatable bonds is 7. The zero-order chi connectivity index (χ0) is 25.1. The summed E-state index contributed by atoms with van der Waals surface area (Å²) in [5, 5.41) is 0. The number of nitrogens with zero attached hydrogens (tertiary/aromatic N) is 3. The molecule has 1 amide bonds. The van der Waals surface area contributed by atoms with Crippen molar-refractivity contribution in [2.75, 3.05) is 47.5 Å². The van der Waals surface area contributed by atoms with E-state index in [-0.39, 0.29) is 5.91 Å². The number of carbonyl (C=O) groups is 1. The normalized spacial score (nSPS) is 14.2. The van der Waals surface area contributed by atoms with E-state index in [4.69, 9.17) is 14.2 Å². The molecule has 0 spiro atoms. The fourth-order valence-corrected chi connectivity index (χ4v) is 4.97. The first-order valence-electron chi connectivity index (χ1n) is 11.9. The Bertz CT molecular complexity index is 1210. The second-order valence-electron chi connectivity index (χ2n) is 8.97. The van der Waals surface area contributed by atoms with Crippen LogP contribution in [0.5, 0.6) is 17.2 Å². The van der Waals surface area contributed by atoms with Crippen molar-refractivity contribution in [1.29, 1.82) is 0 Å². The summed E-state index contributed by atoms with van der Waals surface area (Å²) in [6.45, 7) is 9.86.